The maximum Gasteiger partial charge on any atom is 0.261 e. The molecule has 110 valence electrons. The first-order valence-electron chi connectivity index (χ1n) is 6.03. The fraction of sp³-hybridized carbons (Fsp3) is 0.0714. The van der Waals surface area contributed by atoms with E-state index in [1.807, 2.05) is 0 Å². The van der Waals surface area contributed by atoms with Gasteiger partial charge in [0.05, 0.1) is 17.0 Å². The highest BCUT2D eigenvalue weighted by molar-refractivity contribution is 7.92. The molecule has 0 aliphatic rings. The van der Waals surface area contributed by atoms with Gasteiger partial charge in [-0.2, -0.15) is 0 Å². The highest BCUT2D eigenvalue weighted by atomic mass is 32.2. The van der Waals surface area contributed by atoms with E-state index in [4.69, 9.17) is 5.73 Å². The van der Waals surface area contributed by atoms with Gasteiger partial charge in [0.1, 0.15) is 5.82 Å². The summed E-state index contributed by atoms with van der Waals surface area (Å²) in [5, 5.41) is 0. The van der Waals surface area contributed by atoms with Gasteiger partial charge in [0.25, 0.3) is 10.0 Å². The van der Waals surface area contributed by atoms with Gasteiger partial charge in [-0.25, -0.2) is 12.8 Å². The molecule has 0 saturated carbocycles. The molecule has 0 heterocycles. The molecule has 0 fully saturated rings. The molecule has 1 amide bonds. The Bertz CT molecular complexity index is 758. The number of carbonyl (C=O) groups excluding carboxylic acids is 1. The third-order valence-electron chi connectivity index (χ3n) is 2.75. The molecular formula is C14H13FN2O3S. The summed E-state index contributed by atoms with van der Waals surface area (Å²) in [4.78, 5) is 10.9. The third kappa shape index (κ3) is 3.79. The number of sulfonamides is 1. The number of amides is 1. The fourth-order valence-electron chi connectivity index (χ4n) is 1.78. The lowest BCUT2D eigenvalue weighted by atomic mass is 10.1. The zero-order valence-electron chi connectivity index (χ0n) is 10.9. The Hall–Kier alpha value is -2.41. The maximum atomic E-state index is 12.8. The summed E-state index contributed by atoms with van der Waals surface area (Å²) < 4.78 is 39.6. The number of hydrogen-bond acceptors (Lipinski definition) is 3. The van der Waals surface area contributed by atoms with Crippen LogP contribution >= 0.6 is 0 Å². The van der Waals surface area contributed by atoms with Gasteiger partial charge in [0.15, 0.2) is 0 Å². The molecule has 0 aliphatic carbocycles. The Kier molecular flexibility index (Phi) is 4.23. The SMILES string of the molecule is NC(=O)Cc1ccccc1NS(=O)(=O)c1ccc(F)cc1. The first-order chi connectivity index (χ1) is 9.88. The van der Waals surface area contributed by atoms with Crippen molar-refractivity contribution in [1.82, 2.24) is 0 Å². The van der Waals surface area contributed by atoms with Crippen LogP contribution in [0.5, 0.6) is 0 Å². The molecule has 0 unspecified atom stereocenters. The largest absolute Gasteiger partial charge is 0.369 e. The van der Waals surface area contributed by atoms with Crippen molar-refractivity contribution < 1.29 is 17.6 Å². The number of anilines is 1. The molecule has 21 heavy (non-hydrogen) atoms. The van der Waals surface area contributed by atoms with Crippen LogP contribution in [0.4, 0.5) is 10.1 Å². The van der Waals surface area contributed by atoms with Crippen LogP contribution in [0.3, 0.4) is 0 Å². The first kappa shape index (κ1) is 15.0. The minimum atomic E-state index is -3.86. The lowest BCUT2D eigenvalue weighted by molar-refractivity contribution is -0.117. The van der Waals surface area contributed by atoms with E-state index in [1.165, 1.54) is 6.07 Å². The summed E-state index contributed by atoms with van der Waals surface area (Å²) in [6.45, 7) is 0. The first-order valence-corrected chi connectivity index (χ1v) is 7.51. The number of nitrogens with two attached hydrogens (primary N) is 1. The van der Waals surface area contributed by atoms with Gasteiger partial charge >= 0.3 is 0 Å². The molecule has 5 nitrogen and oxygen atoms in total. The van der Waals surface area contributed by atoms with Crippen molar-refractivity contribution in [1.29, 1.82) is 0 Å². The Balaban J connectivity index is 2.33. The molecule has 0 aromatic heterocycles. The summed E-state index contributed by atoms with van der Waals surface area (Å²) >= 11 is 0. The fourth-order valence-corrected chi connectivity index (χ4v) is 2.88. The van der Waals surface area contributed by atoms with Gasteiger partial charge in [-0.3, -0.25) is 9.52 Å². The van der Waals surface area contributed by atoms with E-state index in [9.17, 15) is 17.6 Å². The van der Waals surface area contributed by atoms with Gasteiger partial charge < -0.3 is 5.73 Å². The van der Waals surface area contributed by atoms with E-state index in [0.717, 1.165) is 24.3 Å². The quantitative estimate of drug-likeness (QED) is 0.880. The molecule has 3 N–H and O–H groups in total. The second kappa shape index (κ2) is 5.92. The lowest BCUT2D eigenvalue weighted by Crippen LogP contribution is -2.18. The normalized spacial score (nSPS) is 11.1. The van der Waals surface area contributed by atoms with Gasteiger partial charge in [-0.15, -0.1) is 0 Å². The average molecular weight is 308 g/mol. The number of nitrogens with one attached hydrogen (secondary N) is 1. The Morgan fingerprint density at radius 3 is 2.33 bits per heavy atom. The Morgan fingerprint density at radius 2 is 1.71 bits per heavy atom. The molecule has 2 aromatic carbocycles. The second-order valence-electron chi connectivity index (χ2n) is 4.36. The standard InChI is InChI=1S/C14H13FN2O3S/c15-11-5-7-12(8-6-11)21(19,20)17-13-4-2-1-3-10(13)9-14(16)18/h1-8,17H,9H2,(H2,16,18). The molecule has 0 bridgehead atoms. The van der Waals surface area contributed by atoms with Gasteiger partial charge in [-0.1, -0.05) is 18.2 Å². The van der Waals surface area contributed by atoms with Gasteiger partial charge in [0, 0.05) is 0 Å². The van der Waals surface area contributed by atoms with Crippen LogP contribution in [0.15, 0.2) is 53.4 Å². The minimum absolute atomic E-state index is 0.0715. The summed E-state index contributed by atoms with van der Waals surface area (Å²) in [5.41, 5.74) is 5.86. The van der Waals surface area contributed by atoms with Crippen molar-refractivity contribution >= 4 is 21.6 Å². The van der Waals surface area contributed by atoms with Crippen molar-refractivity contribution in [3.63, 3.8) is 0 Å². The molecule has 0 atom stereocenters. The number of primary amides is 1. The van der Waals surface area contributed by atoms with Crippen LogP contribution in [-0.2, 0) is 21.2 Å². The van der Waals surface area contributed by atoms with E-state index in [0.29, 0.717) is 5.56 Å². The highest BCUT2D eigenvalue weighted by Crippen LogP contribution is 2.20. The monoisotopic (exact) mass is 308 g/mol. The van der Waals surface area contributed by atoms with Crippen LogP contribution in [-0.4, -0.2) is 14.3 Å². The Morgan fingerprint density at radius 1 is 1.10 bits per heavy atom. The Labute approximate surface area is 121 Å². The molecule has 0 aliphatic heterocycles. The van der Waals surface area contributed by atoms with E-state index < -0.39 is 21.7 Å². The molecule has 0 saturated heterocycles. The smallest absolute Gasteiger partial charge is 0.261 e. The van der Waals surface area contributed by atoms with Gasteiger partial charge in [-0.05, 0) is 35.9 Å². The van der Waals surface area contributed by atoms with E-state index in [1.54, 1.807) is 18.2 Å². The van der Waals surface area contributed by atoms with Crippen molar-refractivity contribution in [3.05, 3.63) is 59.9 Å². The molecule has 2 rings (SSSR count). The number of carbonyl (C=O) groups is 1. The zero-order chi connectivity index (χ0) is 15.5. The van der Waals surface area contributed by atoms with Crippen LogP contribution in [0.25, 0.3) is 0 Å². The van der Waals surface area contributed by atoms with Crippen LogP contribution in [0.1, 0.15) is 5.56 Å². The molecule has 0 spiro atoms. The van der Waals surface area contributed by atoms with Crippen LogP contribution in [0.2, 0.25) is 0 Å². The van der Waals surface area contributed by atoms with E-state index in [2.05, 4.69) is 4.72 Å². The number of para-hydroxylation sites is 1. The molecule has 0 radical (unpaired) electrons. The average Bonchev–Trinajstić information content (AvgIpc) is 2.40. The van der Waals surface area contributed by atoms with Crippen LogP contribution in [0, 0.1) is 5.82 Å². The van der Waals surface area contributed by atoms with Gasteiger partial charge in [0.2, 0.25) is 5.91 Å². The third-order valence-corrected chi connectivity index (χ3v) is 4.13. The maximum absolute atomic E-state index is 12.8. The van der Waals surface area contributed by atoms with Crippen molar-refractivity contribution in [3.8, 4) is 0 Å². The molecule has 7 heteroatoms. The second-order valence-corrected chi connectivity index (χ2v) is 6.04. The van der Waals surface area contributed by atoms with E-state index in [-0.39, 0.29) is 17.0 Å². The molecule has 2 aromatic rings. The highest BCUT2D eigenvalue weighted by Gasteiger charge is 2.16. The molecular weight excluding hydrogens is 295 g/mol. The number of hydrogen-bond donors (Lipinski definition) is 2. The number of halogens is 1. The summed E-state index contributed by atoms with van der Waals surface area (Å²) in [6.07, 6.45) is -0.0812. The number of rotatable bonds is 5. The van der Waals surface area contributed by atoms with Crippen molar-refractivity contribution in [2.45, 2.75) is 11.3 Å². The van der Waals surface area contributed by atoms with Crippen LogP contribution < -0.4 is 10.5 Å². The summed E-state index contributed by atoms with van der Waals surface area (Å²) in [6, 6.07) is 10.9. The summed E-state index contributed by atoms with van der Waals surface area (Å²) in [7, 11) is -3.86. The zero-order valence-corrected chi connectivity index (χ0v) is 11.7. The minimum Gasteiger partial charge on any atom is -0.369 e. The topological polar surface area (TPSA) is 89.3 Å². The summed E-state index contributed by atoms with van der Waals surface area (Å²) in [5.74, 6) is -1.09. The van der Waals surface area contributed by atoms with E-state index >= 15 is 0 Å². The van der Waals surface area contributed by atoms with Crippen molar-refractivity contribution in [2.24, 2.45) is 5.73 Å². The lowest BCUT2D eigenvalue weighted by Gasteiger charge is -2.11. The number of benzene rings is 2. The predicted octanol–water partition coefficient (Wildman–Crippen LogP) is 1.65. The van der Waals surface area contributed by atoms with Crippen molar-refractivity contribution in [2.75, 3.05) is 4.72 Å². The predicted molar refractivity (Wildman–Crippen MR) is 76.5 cm³/mol.